The fraction of sp³-hybridized carbons (Fsp3) is 0.333. The van der Waals surface area contributed by atoms with Gasteiger partial charge in [-0.15, -0.1) is 0 Å². The maximum Gasteiger partial charge on any atom is 0.245 e. The minimum Gasteiger partial charge on any atom is -0.495 e. The van der Waals surface area contributed by atoms with Gasteiger partial charge in [-0.05, 0) is 56.0 Å². The lowest BCUT2D eigenvalue weighted by atomic mass is 10.0. The largest absolute Gasteiger partial charge is 0.495 e. The monoisotopic (exact) mass is 615 g/mol. The van der Waals surface area contributed by atoms with E-state index in [-0.39, 0.29) is 17.6 Å². The lowest BCUT2D eigenvalue weighted by Crippen LogP contribution is -2.41. The number of carbonyl (C=O) groups is 1. The molecule has 2 aliphatic rings. The fourth-order valence-corrected chi connectivity index (χ4v) is 5.75. The van der Waals surface area contributed by atoms with E-state index in [9.17, 15) is 9.18 Å². The normalized spacial score (nSPS) is 17.2. The van der Waals surface area contributed by atoms with Gasteiger partial charge in [0.15, 0.2) is 0 Å². The highest BCUT2D eigenvalue weighted by Gasteiger charge is 2.23. The molecule has 1 amide bonds. The van der Waals surface area contributed by atoms with Crippen LogP contribution in [-0.2, 0) is 4.79 Å². The highest BCUT2D eigenvalue weighted by molar-refractivity contribution is 5.95. The molecule has 2 saturated heterocycles. The number of amides is 1. The first-order valence-corrected chi connectivity index (χ1v) is 15.0. The number of pyridine rings is 1. The predicted octanol–water partition coefficient (Wildman–Crippen LogP) is 6.24. The van der Waals surface area contributed by atoms with Crippen LogP contribution in [0.25, 0.3) is 10.9 Å². The quantitative estimate of drug-likeness (QED) is 0.212. The van der Waals surface area contributed by atoms with E-state index in [0.29, 0.717) is 65.8 Å². The molecule has 10 nitrogen and oxygen atoms in total. The van der Waals surface area contributed by atoms with Crippen molar-refractivity contribution in [3.63, 3.8) is 0 Å². The Bertz CT molecular complexity index is 1700. The molecule has 0 aliphatic carbocycles. The Kier molecular flexibility index (Phi) is 8.90. The van der Waals surface area contributed by atoms with Gasteiger partial charge in [-0.2, -0.15) is 0 Å². The molecule has 0 spiro atoms. The molecule has 45 heavy (non-hydrogen) atoms. The Hall–Kier alpha value is -5.00. The zero-order chi connectivity index (χ0) is 31.3. The molecule has 0 bridgehead atoms. The van der Waals surface area contributed by atoms with Crippen molar-refractivity contribution < 1.29 is 23.0 Å². The number of nitrogens with zero attached hydrogens (tertiary/aromatic N) is 5. The highest BCUT2D eigenvalue weighted by Crippen LogP contribution is 2.35. The van der Waals surface area contributed by atoms with Crippen molar-refractivity contribution in [3.05, 3.63) is 73.5 Å². The molecule has 0 unspecified atom stereocenters. The number of anilines is 4. The number of ether oxygens (including phenoxy) is 2. The summed E-state index contributed by atoms with van der Waals surface area (Å²) in [5, 5.41) is 7.32. The van der Waals surface area contributed by atoms with E-state index in [1.807, 2.05) is 17.0 Å². The number of halogens is 2. The summed E-state index contributed by atoms with van der Waals surface area (Å²) < 4.78 is 40.8. The number of alkyl halides is 1. The van der Waals surface area contributed by atoms with Gasteiger partial charge in [0.1, 0.15) is 47.2 Å². The number of carbonyl (C=O) groups excluding carboxylic acids is 1. The van der Waals surface area contributed by atoms with Crippen LogP contribution in [0.4, 0.5) is 31.8 Å². The van der Waals surface area contributed by atoms with Crippen LogP contribution in [0.3, 0.4) is 0 Å². The van der Waals surface area contributed by atoms with Gasteiger partial charge in [0.05, 0.1) is 30.5 Å². The third kappa shape index (κ3) is 6.89. The van der Waals surface area contributed by atoms with Crippen LogP contribution in [0.1, 0.15) is 25.7 Å². The van der Waals surface area contributed by atoms with E-state index >= 15 is 4.39 Å². The number of likely N-dealkylation sites (tertiary alicyclic amines) is 1. The Morgan fingerprint density at radius 3 is 2.60 bits per heavy atom. The van der Waals surface area contributed by atoms with Crippen molar-refractivity contribution in [1.29, 1.82) is 0 Å². The lowest BCUT2D eigenvalue weighted by Gasteiger charge is -2.32. The van der Waals surface area contributed by atoms with Gasteiger partial charge in [0.2, 0.25) is 5.91 Å². The van der Waals surface area contributed by atoms with E-state index in [1.54, 1.807) is 42.5 Å². The van der Waals surface area contributed by atoms with E-state index in [4.69, 9.17) is 9.47 Å². The number of fused-ring (bicyclic) bond motifs is 1. The molecule has 4 heterocycles. The molecule has 2 fully saturated rings. The van der Waals surface area contributed by atoms with Gasteiger partial charge in [-0.1, -0.05) is 6.58 Å². The van der Waals surface area contributed by atoms with E-state index in [1.165, 1.54) is 18.5 Å². The third-order valence-electron chi connectivity index (χ3n) is 8.13. The van der Waals surface area contributed by atoms with Crippen LogP contribution in [0.2, 0.25) is 0 Å². The fourth-order valence-electron chi connectivity index (χ4n) is 5.75. The smallest absolute Gasteiger partial charge is 0.245 e. The second kappa shape index (κ2) is 13.3. The number of benzene rings is 2. The van der Waals surface area contributed by atoms with Gasteiger partial charge >= 0.3 is 0 Å². The van der Waals surface area contributed by atoms with Crippen molar-refractivity contribution in [1.82, 2.24) is 19.9 Å². The highest BCUT2D eigenvalue weighted by atomic mass is 19.1. The average molecular weight is 616 g/mol. The topological polar surface area (TPSA) is 105 Å². The first-order chi connectivity index (χ1) is 21.9. The number of hydrogen-bond acceptors (Lipinski definition) is 9. The molecule has 2 N–H and O–H groups in total. The summed E-state index contributed by atoms with van der Waals surface area (Å²) in [5.41, 5.74) is 1.59. The molecule has 1 atom stereocenters. The molecule has 234 valence electrons. The zero-order valence-corrected chi connectivity index (χ0v) is 25.0. The molecular formula is C33H35F2N7O3. The second-order valence-corrected chi connectivity index (χ2v) is 11.1. The summed E-state index contributed by atoms with van der Waals surface area (Å²) in [6.07, 6.45) is 6.34. The standard InChI is InChI=1S/C33H35F2N7O3/c1-3-32(43)41-13-9-22(10-14-41)39-29-17-25-28(18-30(29)44-2)37-20-38-33(25)40-27-7-6-23(15-26(27)35)45-24-8-11-36-31(16-24)42-12-4-5-21(34)19-42/h3,6-8,11,15-18,20-22,39H,1,4-5,9-10,12-14,19H2,2H3,(H,37,38,40)/t21-/m1/s1. The molecule has 6 rings (SSSR count). The molecule has 12 heteroatoms. The number of piperidine rings is 2. The molecule has 4 aromatic rings. The summed E-state index contributed by atoms with van der Waals surface area (Å²) in [6.45, 7) is 5.86. The Labute approximate surface area is 260 Å². The minimum atomic E-state index is -0.880. The first kappa shape index (κ1) is 30.0. The number of aromatic nitrogens is 3. The molecule has 0 saturated carbocycles. The van der Waals surface area contributed by atoms with Crippen LogP contribution < -0.4 is 25.0 Å². The number of methoxy groups -OCH3 is 1. The van der Waals surface area contributed by atoms with Crippen molar-refractivity contribution >= 4 is 39.8 Å². The number of rotatable bonds is 9. The lowest BCUT2D eigenvalue weighted by molar-refractivity contribution is -0.126. The van der Waals surface area contributed by atoms with Crippen molar-refractivity contribution in [3.8, 4) is 17.2 Å². The maximum atomic E-state index is 15.4. The van der Waals surface area contributed by atoms with Crippen molar-refractivity contribution in [2.75, 3.05) is 48.8 Å². The summed E-state index contributed by atoms with van der Waals surface area (Å²) in [7, 11) is 1.59. The van der Waals surface area contributed by atoms with Gasteiger partial charge in [0.25, 0.3) is 0 Å². The van der Waals surface area contributed by atoms with Crippen LogP contribution >= 0.6 is 0 Å². The molecular weight excluding hydrogens is 580 g/mol. The Morgan fingerprint density at radius 2 is 1.84 bits per heavy atom. The van der Waals surface area contributed by atoms with Gasteiger partial charge in [-0.25, -0.2) is 23.7 Å². The Morgan fingerprint density at radius 1 is 1.02 bits per heavy atom. The third-order valence-corrected chi connectivity index (χ3v) is 8.13. The van der Waals surface area contributed by atoms with Crippen LogP contribution in [0.5, 0.6) is 17.2 Å². The second-order valence-electron chi connectivity index (χ2n) is 11.1. The number of hydrogen-bond donors (Lipinski definition) is 2. The molecule has 0 radical (unpaired) electrons. The minimum absolute atomic E-state index is 0.0618. The summed E-state index contributed by atoms with van der Waals surface area (Å²) >= 11 is 0. The van der Waals surface area contributed by atoms with Crippen LogP contribution in [0, 0.1) is 5.82 Å². The van der Waals surface area contributed by atoms with E-state index in [2.05, 4.69) is 32.2 Å². The SMILES string of the molecule is C=CC(=O)N1CCC(Nc2cc3c(Nc4ccc(Oc5ccnc(N6CCC[C@@H](F)C6)c5)cc4F)ncnc3cc2OC)CC1. The first-order valence-electron chi connectivity index (χ1n) is 15.0. The molecule has 2 aliphatic heterocycles. The van der Waals surface area contributed by atoms with Crippen molar-refractivity contribution in [2.45, 2.75) is 37.9 Å². The zero-order valence-electron chi connectivity index (χ0n) is 25.0. The summed E-state index contributed by atoms with van der Waals surface area (Å²) in [5.74, 6) is 1.87. The van der Waals surface area contributed by atoms with Gasteiger partial charge in [0, 0.05) is 55.5 Å². The number of nitrogens with one attached hydrogen (secondary N) is 2. The molecule has 2 aromatic heterocycles. The molecule has 2 aromatic carbocycles. The van der Waals surface area contributed by atoms with E-state index < -0.39 is 12.0 Å². The predicted molar refractivity (Wildman–Crippen MR) is 170 cm³/mol. The van der Waals surface area contributed by atoms with Crippen molar-refractivity contribution in [2.24, 2.45) is 0 Å². The van der Waals surface area contributed by atoms with Gasteiger partial charge < -0.3 is 29.9 Å². The van der Waals surface area contributed by atoms with Gasteiger partial charge in [-0.3, -0.25) is 4.79 Å². The van der Waals surface area contributed by atoms with E-state index in [0.717, 1.165) is 31.5 Å². The summed E-state index contributed by atoms with van der Waals surface area (Å²) in [4.78, 5) is 28.8. The van der Waals surface area contributed by atoms with Crippen LogP contribution in [-0.4, -0.2) is 71.3 Å². The summed E-state index contributed by atoms with van der Waals surface area (Å²) in [6, 6.07) is 11.8. The Balaban J connectivity index is 1.18. The average Bonchev–Trinajstić information content (AvgIpc) is 3.06. The maximum absolute atomic E-state index is 15.4. The van der Waals surface area contributed by atoms with Crippen LogP contribution in [0.15, 0.2) is 67.6 Å².